The molecule has 6 heteroatoms. The maximum Gasteiger partial charge on any atom is 0.339 e. The third kappa shape index (κ3) is 4.77. The van der Waals surface area contributed by atoms with Gasteiger partial charge in [-0.05, 0) is 26.9 Å². The summed E-state index contributed by atoms with van der Waals surface area (Å²) in [5.41, 5.74) is 0.659. The molecule has 1 heterocycles. The fourth-order valence-corrected chi connectivity index (χ4v) is 1.85. The molecule has 0 radical (unpaired) electrons. The zero-order valence-corrected chi connectivity index (χ0v) is 12.9. The van der Waals surface area contributed by atoms with Crippen LogP contribution in [0.3, 0.4) is 0 Å². The van der Waals surface area contributed by atoms with E-state index in [9.17, 15) is 4.79 Å². The van der Waals surface area contributed by atoms with Gasteiger partial charge in [0.25, 0.3) is 0 Å². The molecule has 112 valence electrons. The van der Waals surface area contributed by atoms with E-state index in [4.69, 9.17) is 5.11 Å². The van der Waals surface area contributed by atoms with Crippen LogP contribution in [0.2, 0.25) is 0 Å². The van der Waals surface area contributed by atoms with Crippen molar-refractivity contribution in [2.45, 2.75) is 20.8 Å². The van der Waals surface area contributed by atoms with Crippen LogP contribution in [0.15, 0.2) is 6.20 Å². The van der Waals surface area contributed by atoms with E-state index in [2.05, 4.69) is 33.6 Å². The van der Waals surface area contributed by atoms with E-state index in [0.717, 1.165) is 19.6 Å². The molecule has 0 saturated heterocycles. The highest BCUT2D eigenvalue weighted by atomic mass is 16.4. The van der Waals surface area contributed by atoms with Crippen molar-refractivity contribution in [1.82, 2.24) is 14.9 Å². The minimum atomic E-state index is -0.988. The molecule has 0 spiro atoms. The normalized spacial score (nSPS) is 11.2. The molecule has 0 bridgehead atoms. The quantitative estimate of drug-likeness (QED) is 0.816. The molecular formula is C14H24N4O2. The lowest BCUT2D eigenvalue weighted by atomic mass is 10.2. The van der Waals surface area contributed by atoms with Gasteiger partial charge in [0, 0.05) is 25.8 Å². The predicted molar refractivity (Wildman–Crippen MR) is 79.3 cm³/mol. The van der Waals surface area contributed by atoms with E-state index < -0.39 is 5.97 Å². The SMILES string of the molecule is Cc1nc(N(CCN(C)C)CC(C)C)ncc1C(=O)O. The number of aromatic carboxylic acids is 1. The molecule has 0 aliphatic rings. The van der Waals surface area contributed by atoms with Crippen molar-refractivity contribution in [3.05, 3.63) is 17.5 Å². The Morgan fingerprint density at radius 1 is 1.35 bits per heavy atom. The maximum absolute atomic E-state index is 11.0. The molecule has 1 rings (SSSR count). The van der Waals surface area contributed by atoms with Crippen molar-refractivity contribution in [1.29, 1.82) is 0 Å². The first-order valence-corrected chi connectivity index (χ1v) is 6.78. The minimum Gasteiger partial charge on any atom is -0.478 e. The van der Waals surface area contributed by atoms with Gasteiger partial charge in [-0.15, -0.1) is 0 Å². The number of rotatable bonds is 7. The molecule has 0 atom stereocenters. The van der Waals surface area contributed by atoms with Crippen molar-refractivity contribution in [2.75, 3.05) is 38.6 Å². The van der Waals surface area contributed by atoms with Crippen LogP contribution in [-0.2, 0) is 0 Å². The van der Waals surface area contributed by atoms with Gasteiger partial charge in [-0.1, -0.05) is 13.8 Å². The Kier molecular flexibility index (Phi) is 5.88. The Labute approximate surface area is 120 Å². The topological polar surface area (TPSA) is 69.6 Å². The monoisotopic (exact) mass is 280 g/mol. The van der Waals surface area contributed by atoms with Gasteiger partial charge in [-0.3, -0.25) is 0 Å². The van der Waals surface area contributed by atoms with E-state index in [1.54, 1.807) is 6.92 Å². The Balaban J connectivity index is 2.95. The summed E-state index contributed by atoms with van der Waals surface area (Å²) in [6.45, 7) is 8.54. The van der Waals surface area contributed by atoms with Crippen molar-refractivity contribution in [3.8, 4) is 0 Å². The molecule has 0 aliphatic carbocycles. The summed E-state index contributed by atoms with van der Waals surface area (Å²) in [7, 11) is 4.04. The molecule has 1 aromatic rings. The van der Waals surface area contributed by atoms with Crippen LogP contribution in [0.5, 0.6) is 0 Å². The minimum absolute atomic E-state index is 0.158. The highest BCUT2D eigenvalue weighted by Crippen LogP contribution is 2.13. The summed E-state index contributed by atoms with van der Waals surface area (Å²) in [5.74, 6) is 0.0982. The smallest absolute Gasteiger partial charge is 0.339 e. The number of aryl methyl sites for hydroxylation is 1. The van der Waals surface area contributed by atoms with Gasteiger partial charge in [-0.25, -0.2) is 14.8 Å². The first-order valence-electron chi connectivity index (χ1n) is 6.78. The van der Waals surface area contributed by atoms with Gasteiger partial charge >= 0.3 is 5.97 Å². The largest absolute Gasteiger partial charge is 0.478 e. The predicted octanol–water partition coefficient (Wildman–Crippen LogP) is 1.51. The number of carboxylic acid groups (broad SMARTS) is 1. The van der Waals surface area contributed by atoms with Crippen molar-refractivity contribution < 1.29 is 9.90 Å². The molecule has 0 amide bonds. The highest BCUT2D eigenvalue weighted by Gasteiger charge is 2.15. The van der Waals surface area contributed by atoms with Gasteiger partial charge in [0.1, 0.15) is 0 Å². The summed E-state index contributed by atoms with van der Waals surface area (Å²) in [5, 5.41) is 9.02. The molecule has 0 aliphatic heterocycles. The van der Waals surface area contributed by atoms with E-state index >= 15 is 0 Å². The molecule has 0 unspecified atom stereocenters. The van der Waals surface area contributed by atoms with Gasteiger partial charge in [0.05, 0.1) is 11.3 Å². The van der Waals surface area contributed by atoms with Gasteiger partial charge in [0.2, 0.25) is 5.95 Å². The summed E-state index contributed by atoms with van der Waals surface area (Å²) in [4.78, 5) is 23.7. The van der Waals surface area contributed by atoms with Gasteiger partial charge in [0.15, 0.2) is 0 Å². The third-order valence-electron chi connectivity index (χ3n) is 2.88. The molecule has 1 N–H and O–H groups in total. The zero-order chi connectivity index (χ0) is 15.3. The molecule has 1 aromatic heterocycles. The van der Waals surface area contributed by atoms with Crippen LogP contribution in [0, 0.1) is 12.8 Å². The number of hydrogen-bond donors (Lipinski definition) is 1. The number of carboxylic acids is 1. The fraction of sp³-hybridized carbons (Fsp3) is 0.643. The Morgan fingerprint density at radius 3 is 2.45 bits per heavy atom. The van der Waals surface area contributed by atoms with Gasteiger partial charge < -0.3 is 14.9 Å². The third-order valence-corrected chi connectivity index (χ3v) is 2.88. The molecule has 0 aromatic carbocycles. The first kappa shape index (κ1) is 16.4. The highest BCUT2D eigenvalue weighted by molar-refractivity contribution is 5.88. The standard InChI is InChI=1S/C14H24N4O2/c1-10(2)9-18(7-6-17(4)5)14-15-8-12(13(19)20)11(3)16-14/h8,10H,6-7,9H2,1-5H3,(H,19,20). The number of anilines is 1. The Bertz CT molecular complexity index is 460. The second kappa shape index (κ2) is 7.19. The molecular weight excluding hydrogens is 256 g/mol. The van der Waals surface area contributed by atoms with E-state index in [1.165, 1.54) is 6.20 Å². The fourth-order valence-electron chi connectivity index (χ4n) is 1.85. The summed E-state index contributed by atoms with van der Waals surface area (Å²) >= 11 is 0. The molecule has 6 nitrogen and oxygen atoms in total. The van der Waals surface area contributed by atoms with Crippen molar-refractivity contribution in [3.63, 3.8) is 0 Å². The Morgan fingerprint density at radius 2 is 2.00 bits per heavy atom. The van der Waals surface area contributed by atoms with Crippen LogP contribution < -0.4 is 4.90 Å². The lowest BCUT2D eigenvalue weighted by Gasteiger charge is -2.26. The average Bonchev–Trinajstić information content (AvgIpc) is 2.33. The summed E-state index contributed by atoms with van der Waals surface area (Å²) in [6, 6.07) is 0. The second-order valence-corrected chi connectivity index (χ2v) is 5.62. The van der Waals surface area contributed by atoms with Gasteiger partial charge in [-0.2, -0.15) is 0 Å². The van der Waals surface area contributed by atoms with Crippen LogP contribution in [0.1, 0.15) is 29.9 Å². The molecule has 20 heavy (non-hydrogen) atoms. The lowest BCUT2D eigenvalue weighted by Crippen LogP contribution is -2.35. The zero-order valence-electron chi connectivity index (χ0n) is 12.9. The number of aromatic nitrogens is 2. The Hall–Kier alpha value is -1.69. The number of nitrogens with zero attached hydrogens (tertiary/aromatic N) is 4. The van der Waals surface area contributed by atoms with Crippen molar-refractivity contribution in [2.24, 2.45) is 5.92 Å². The van der Waals surface area contributed by atoms with E-state index in [0.29, 0.717) is 17.6 Å². The summed E-state index contributed by atoms with van der Waals surface area (Å²) < 4.78 is 0. The number of likely N-dealkylation sites (N-methyl/N-ethyl adjacent to an activating group) is 1. The lowest BCUT2D eigenvalue weighted by molar-refractivity contribution is 0.0695. The summed E-state index contributed by atoms with van der Waals surface area (Å²) in [6.07, 6.45) is 1.39. The maximum atomic E-state index is 11.0. The second-order valence-electron chi connectivity index (χ2n) is 5.62. The first-order chi connectivity index (χ1) is 9.31. The van der Waals surface area contributed by atoms with Crippen LogP contribution in [0.25, 0.3) is 0 Å². The van der Waals surface area contributed by atoms with Crippen LogP contribution in [-0.4, -0.2) is 59.7 Å². The van der Waals surface area contributed by atoms with E-state index in [1.807, 2.05) is 14.1 Å². The molecule has 0 fully saturated rings. The van der Waals surface area contributed by atoms with Crippen molar-refractivity contribution >= 4 is 11.9 Å². The average molecular weight is 280 g/mol. The molecule has 0 saturated carbocycles. The van der Waals surface area contributed by atoms with Crippen LogP contribution >= 0.6 is 0 Å². The van der Waals surface area contributed by atoms with E-state index in [-0.39, 0.29) is 5.56 Å². The van der Waals surface area contributed by atoms with Crippen LogP contribution in [0.4, 0.5) is 5.95 Å². The number of carbonyl (C=O) groups is 1. The number of hydrogen-bond acceptors (Lipinski definition) is 5.